The van der Waals surface area contributed by atoms with Crippen LogP contribution in [0.25, 0.3) is 21.0 Å². The number of aromatic nitrogens is 1. The number of ether oxygens (including phenoxy) is 2. The predicted octanol–water partition coefficient (Wildman–Crippen LogP) is 4.49. The van der Waals surface area contributed by atoms with Crippen LogP contribution in [-0.4, -0.2) is 19.2 Å². The van der Waals surface area contributed by atoms with Gasteiger partial charge in [-0.15, -0.1) is 11.3 Å². The van der Waals surface area contributed by atoms with Gasteiger partial charge in [0.2, 0.25) is 0 Å². The van der Waals surface area contributed by atoms with E-state index in [9.17, 15) is 0 Å². The number of benzene rings is 2. The molecule has 4 heteroatoms. The highest BCUT2D eigenvalue weighted by Crippen LogP contribution is 2.33. The van der Waals surface area contributed by atoms with Crippen LogP contribution in [0.1, 0.15) is 0 Å². The van der Waals surface area contributed by atoms with E-state index in [1.54, 1.807) is 25.6 Å². The largest absolute Gasteiger partial charge is 0.497 e. The Hall–Kier alpha value is -2.33. The summed E-state index contributed by atoms with van der Waals surface area (Å²) in [6.45, 7) is 0. The van der Waals surface area contributed by atoms with Gasteiger partial charge in [0.05, 0.1) is 19.1 Å². The maximum atomic E-state index is 5.18. The van der Waals surface area contributed by atoms with Crippen molar-refractivity contribution in [2.75, 3.05) is 14.2 Å². The average molecular weight is 297 g/mol. The molecule has 0 saturated heterocycles. The van der Waals surface area contributed by atoms with Crippen molar-refractivity contribution in [2.45, 2.75) is 0 Å². The summed E-state index contributed by atoms with van der Waals surface area (Å²) in [7, 11) is 3.34. The lowest BCUT2D eigenvalue weighted by Gasteiger charge is -2.01. The molecule has 0 amide bonds. The second-order valence-electron chi connectivity index (χ2n) is 4.49. The second-order valence-corrected chi connectivity index (χ2v) is 5.52. The summed E-state index contributed by atoms with van der Waals surface area (Å²) >= 11 is 1.67. The Labute approximate surface area is 127 Å². The molecule has 0 aliphatic heterocycles. The van der Waals surface area contributed by atoms with Crippen molar-refractivity contribution in [3.8, 4) is 32.5 Å². The Morgan fingerprint density at radius 1 is 0.762 bits per heavy atom. The number of nitrogens with zero attached hydrogens (tertiary/aromatic N) is 1. The Morgan fingerprint density at radius 2 is 1.29 bits per heavy atom. The highest BCUT2D eigenvalue weighted by Gasteiger charge is 2.07. The minimum absolute atomic E-state index is 0.852. The Balaban J connectivity index is 1.87. The van der Waals surface area contributed by atoms with Crippen LogP contribution in [0.4, 0.5) is 0 Å². The number of rotatable bonds is 4. The molecular weight excluding hydrogens is 282 g/mol. The first-order chi connectivity index (χ1) is 10.3. The number of hydrogen-bond donors (Lipinski definition) is 0. The van der Waals surface area contributed by atoms with Crippen molar-refractivity contribution in [1.29, 1.82) is 0 Å². The SMILES string of the molecule is COc1ccc(-c2cnc(-c3ccc(OC)cc3)s2)cc1. The molecular formula is C17H15NO2S. The zero-order chi connectivity index (χ0) is 14.7. The van der Waals surface area contributed by atoms with Crippen LogP contribution >= 0.6 is 11.3 Å². The molecule has 2 aromatic carbocycles. The van der Waals surface area contributed by atoms with Gasteiger partial charge in [0.25, 0.3) is 0 Å². The van der Waals surface area contributed by atoms with Gasteiger partial charge in [0.1, 0.15) is 16.5 Å². The molecule has 0 fully saturated rings. The minimum atomic E-state index is 0.852. The van der Waals surface area contributed by atoms with Gasteiger partial charge in [0, 0.05) is 11.8 Å². The third kappa shape index (κ3) is 2.90. The van der Waals surface area contributed by atoms with E-state index in [1.807, 2.05) is 54.7 Å². The maximum absolute atomic E-state index is 5.18. The highest BCUT2D eigenvalue weighted by molar-refractivity contribution is 7.18. The van der Waals surface area contributed by atoms with Crippen molar-refractivity contribution >= 4 is 11.3 Å². The van der Waals surface area contributed by atoms with E-state index in [-0.39, 0.29) is 0 Å². The van der Waals surface area contributed by atoms with Crippen molar-refractivity contribution in [3.63, 3.8) is 0 Å². The van der Waals surface area contributed by atoms with E-state index >= 15 is 0 Å². The van der Waals surface area contributed by atoms with E-state index in [0.29, 0.717) is 0 Å². The van der Waals surface area contributed by atoms with Crippen molar-refractivity contribution in [3.05, 3.63) is 54.7 Å². The van der Waals surface area contributed by atoms with Crippen LogP contribution in [0.5, 0.6) is 11.5 Å². The number of thiazole rings is 1. The molecule has 0 radical (unpaired) electrons. The van der Waals surface area contributed by atoms with E-state index < -0.39 is 0 Å². The van der Waals surface area contributed by atoms with E-state index in [1.165, 1.54) is 0 Å². The van der Waals surface area contributed by atoms with Gasteiger partial charge in [-0.25, -0.2) is 4.98 Å². The average Bonchev–Trinajstić information content (AvgIpc) is 3.05. The predicted molar refractivity (Wildman–Crippen MR) is 86.1 cm³/mol. The van der Waals surface area contributed by atoms with Crippen LogP contribution in [0.2, 0.25) is 0 Å². The van der Waals surface area contributed by atoms with Crippen LogP contribution < -0.4 is 9.47 Å². The van der Waals surface area contributed by atoms with E-state index in [2.05, 4.69) is 4.98 Å². The molecule has 1 heterocycles. The molecule has 3 rings (SSSR count). The first kappa shape index (κ1) is 13.6. The third-order valence-corrected chi connectivity index (χ3v) is 4.31. The number of methoxy groups -OCH3 is 2. The summed E-state index contributed by atoms with van der Waals surface area (Å²) in [5.41, 5.74) is 2.24. The molecule has 106 valence electrons. The first-order valence-corrected chi connectivity index (χ1v) is 7.36. The van der Waals surface area contributed by atoms with Crippen LogP contribution in [0.3, 0.4) is 0 Å². The lowest BCUT2D eigenvalue weighted by atomic mass is 10.2. The summed E-state index contributed by atoms with van der Waals surface area (Å²) in [6, 6.07) is 16.0. The minimum Gasteiger partial charge on any atom is -0.497 e. The molecule has 0 aliphatic carbocycles. The van der Waals surface area contributed by atoms with Gasteiger partial charge in [-0.05, 0) is 54.1 Å². The van der Waals surface area contributed by atoms with E-state index in [0.717, 1.165) is 32.5 Å². The quantitative estimate of drug-likeness (QED) is 0.711. The molecule has 21 heavy (non-hydrogen) atoms. The molecule has 0 aliphatic rings. The summed E-state index contributed by atoms with van der Waals surface area (Å²) in [4.78, 5) is 5.65. The van der Waals surface area contributed by atoms with Crippen LogP contribution in [0, 0.1) is 0 Å². The molecule has 0 bridgehead atoms. The molecule has 3 aromatic rings. The lowest BCUT2D eigenvalue weighted by molar-refractivity contribution is 0.415. The van der Waals surface area contributed by atoms with Gasteiger partial charge in [-0.1, -0.05) is 0 Å². The topological polar surface area (TPSA) is 31.4 Å². The standard InChI is InChI=1S/C17H15NO2S/c1-19-14-7-3-12(4-8-14)16-11-18-17(21-16)13-5-9-15(20-2)10-6-13/h3-11H,1-2H3. The van der Waals surface area contributed by atoms with Gasteiger partial charge in [0.15, 0.2) is 0 Å². The zero-order valence-electron chi connectivity index (χ0n) is 11.9. The van der Waals surface area contributed by atoms with Gasteiger partial charge < -0.3 is 9.47 Å². The zero-order valence-corrected chi connectivity index (χ0v) is 12.7. The first-order valence-electron chi connectivity index (χ1n) is 6.55. The fraction of sp³-hybridized carbons (Fsp3) is 0.118. The summed E-state index contributed by atoms with van der Waals surface area (Å²) in [5, 5.41) is 1.00. The number of hydrogen-bond acceptors (Lipinski definition) is 4. The normalized spacial score (nSPS) is 10.4. The third-order valence-electron chi connectivity index (χ3n) is 3.22. The smallest absolute Gasteiger partial charge is 0.123 e. The molecule has 0 saturated carbocycles. The molecule has 1 aromatic heterocycles. The summed E-state index contributed by atoms with van der Waals surface area (Å²) in [5.74, 6) is 1.71. The van der Waals surface area contributed by atoms with Gasteiger partial charge in [-0.3, -0.25) is 0 Å². The van der Waals surface area contributed by atoms with Gasteiger partial charge >= 0.3 is 0 Å². The van der Waals surface area contributed by atoms with Crippen molar-refractivity contribution in [1.82, 2.24) is 4.98 Å². The lowest BCUT2D eigenvalue weighted by Crippen LogP contribution is -1.81. The fourth-order valence-electron chi connectivity index (χ4n) is 2.03. The Morgan fingerprint density at radius 3 is 1.81 bits per heavy atom. The fourth-order valence-corrected chi connectivity index (χ4v) is 2.96. The summed E-state index contributed by atoms with van der Waals surface area (Å²) in [6.07, 6.45) is 1.91. The molecule has 0 unspecified atom stereocenters. The van der Waals surface area contributed by atoms with Crippen LogP contribution in [0.15, 0.2) is 54.7 Å². The molecule has 0 atom stereocenters. The monoisotopic (exact) mass is 297 g/mol. The van der Waals surface area contributed by atoms with E-state index in [4.69, 9.17) is 9.47 Å². The van der Waals surface area contributed by atoms with Gasteiger partial charge in [-0.2, -0.15) is 0 Å². The molecule has 0 spiro atoms. The second kappa shape index (κ2) is 5.97. The van der Waals surface area contributed by atoms with Crippen LogP contribution in [-0.2, 0) is 0 Å². The Bertz CT molecular complexity index is 655. The van der Waals surface area contributed by atoms with Crippen molar-refractivity contribution in [2.24, 2.45) is 0 Å². The molecule has 3 nitrogen and oxygen atoms in total. The molecule has 0 N–H and O–H groups in total. The Kier molecular flexibility index (Phi) is 3.88. The maximum Gasteiger partial charge on any atom is 0.123 e. The highest BCUT2D eigenvalue weighted by atomic mass is 32.1. The van der Waals surface area contributed by atoms with Crippen molar-refractivity contribution < 1.29 is 9.47 Å². The summed E-state index contributed by atoms with van der Waals surface area (Å²) < 4.78 is 10.3.